The van der Waals surface area contributed by atoms with Crippen LogP contribution in [0.5, 0.6) is 0 Å². The minimum absolute atomic E-state index is 0.139. The molecule has 0 amide bonds. The van der Waals surface area contributed by atoms with Gasteiger partial charge in [0.2, 0.25) is 7.66 Å². The van der Waals surface area contributed by atoms with Gasteiger partial charge in [-0.15, -0.1) is 0 Å². The Balaban J connectivity index is 0. The fourth-order valence-corrected chi connectivity index (χ4v) is 0. The Morgan fingerprint density at radius 2 is 1.80 bits per heavy atom. The molecule has 0 aliphatic heterocycles. The molecule has 0 aromatic heterocycles. The molecule has 30 valence electrons. The number of hydrogen-bond donors (Lipinski definition) is 1. The lowest BCUT2D eigenvalue weighted by Crippen LogP contribution is -0.713. The number of rotatable bonds is 0. The molecule has 0 aromatic rings. The highest BCUT2D eigenvalue weighted by atomic mass is 32.7. The number of thiol groups is 1. The van der Waals surface area contributed by atoms with Gasteiger partial charge in [0, 0.05) is 0 Å². The molecular weight excluding hydrogens is 142 g/mol. The first-order chi connectivity index (χ1) is 2.41. The van der Waals surface area contributed by atoms with Gasteiger partial charge in [-0.2, -0.15) is 0 Å². The first-order valence-electron chi connectivity index (χ1n) is 0.587. The fourth-order valence-electron chi connectivity index (χ4n) is 0. The van der Waals surface area contributed by atoms with Crippen LogP contribution in [0.4, 0.5) is 0 Å². The van der Waals surface area contributed by atoms with Crippen LogP contribution in [-0.4, -0.2) is 0 Å². The number of hydrogen-bond acceptors (Lipinski definition) is 2. The molecule has 1 nitrogen and oxygen atoms in total. The van der Waals surface area contributed by atoms with Gasteiger partial charge in [0.25, 0.3) is 0 Å². The van der Waals surface area contributed by atoms with Crippen molar-refractivity contribution in [3.8, 4) is 0 Å². The smallest absolute Gasteiger partial charge is 0.223 e. The predicted molar refractivity (Wildman–Crippen MR) is 32.3 cm³/mol. The highest BCUT2D eigenvalue weighted by molar-refractivity contribution is 8.33. The van der Waals surface area contributed by atoms with Crippen molar-refractivity contribution in [2.24, 2.45) is 0 Å². The molecule has 0 N–H and O–H groups in total. The Morgan fingerprint density at radius 1 is 1.80 bits per heavy atom. The van der Waals surface area contributed by atoms with Gasteiger partial charge in [0.1, 0.15) is 0 Å². The second-order valence-electron chi connectivity index (χ2n) is 0.0816. The molecule has 0 radical (unpaired) electrons. The zero-order valence-corrected chi connectivity index (χ0v) is 5.82. The lowest BCUT2D eigenvalue weighted by Gasteiger charge is -1.20. The minimum Gasteiger partial charge on any atom is -0.262 e. The van der Waals surface area contributed by atoms with Crippen molar-refractivity contribution in [1.29, 1.82) is 0 Å². The molecule has 0 aromatic carbocycles. The third-order valence-corrected chi connectivity index (χ3v) is 0. The topological polar surface area (TPSA) is 17.1 Å². The maximum absolute atomic E-state index is 8.77. The van der Waals surface area contributed by atoms with Gasteiger partial charge in [0.05, 0.1) is 0 Å². The summed E-state index contributed by atoms with van der Waals surface area (Å²) in [5.41, 5.74) is 0. The Morgan fingerprint density at radius 3 is 1.80 bits per heavy atom. The average molecular weight is 144 g/mol. The van der Waals surface area contributed by atoms with Crippen molar-refractivity contribution in [3.05, 3.63) is 0 Å². The third-order valence-electron chi connectivity index (χ3n) is 0. The Kier molecular flexibility index (Phi) is 37.8. The molecule has 0 bridgehead atoms. The fraction of sp³-hybridized carbons (Fsp3) is 0. The molecule has 0 spiro atoms. The lowest BCUT2D eigenvalue weighted by atomic mass is 16.0. The lowest BCUT2D eigenvalue weighted by molar-refractivity contribution is 0.606. The van der Waals surface area contributed by atoms with Crippen LogP contribution < -0.4 is 0 Å². The van der Waals surface area contributed by atoms with E-state index < -0.39 is 0 Å². The van der Waals surface area contributed by atoms with Crippen LogP contribution in [0.3, 0.4) is 0 Å². The second kappa shape index (κ2) is 20.2. The molecule has 0 aliphatic carbocycles. The van der Waals surface area contributed by atoms with Gasteiger partial charge < -0.3 is 0 Å². The van der Waals surface area contributed by atoms with Crippen LogP contribution in [0.1, 0.15) is 0 Å². The molecule has 0 aliphatic rings. The summed E-state index contributed by atoms with van der Waals surface area (Å²) in [6.45, 7) is 0. The van der Waals surface area contributed by atoms with Crippen LogP contribution in [-0.2, 0) is 16.4 Å². The summed E-state index contributed by atoms with van der Waals surface area (Å²) in [5.74, 6) is 0. The normalized spacial score (nSPS) is 5.00. The molecule has 0 atom stereocenters. The maximum Gasteiger partial charge on any atom is 0.223 e. The quantitative estimate of drug-likeness (QED) is 0.411. The van der Waals surface area contributed by atoms with Crippen molar-refractivity contribution in [2.75, 3.05) is 0 Å². The van der Waals surface area contributed by atoms with Crippen LogP contribution >= 0.6 is 27.9 Å². The zero-order valence-electron chi connectivity index (χ0n) is 2.21. The van der Waals surface area contributed by atoms with Crippen LogP contribution in [0.15, 0.2) is 0 Å². The summed E-state index contributed by atoms with van der Waals surface area (Å²) in [7, 11) is 2.42. The highest BCUT2D eigenvalue weighted by Crippen LogP contribution is 1.90. The molecule has 0 rings (SSSR count). The van der Waals surface area contributed by atoms with E-state index in [0.29, 0.717) is 0 Å². The largest absolute Gasteiger partial charge is 0.262 e. The summed E-state index contributed by atoms with van der Waals surface area (Å²) in [6, 6.07) is 0. The molecular formula is H2OP2S2. The van der Waals surface area contributed by atoms with Gasteiger partial charge in [-0.25, -0.2) is 0 Å². The summed E-state index contributed by atoms with van der Waals surface area (Å²) in [4.78, 5) is 0. The zero-order chi connectivity index (χ0) is 4.71. The van der Waals surface area contributed by atoms with Crippen molar-refractivity contribution >= 4 is 39.7 Å². The van der Waals surface area contributed by atoms with E-state index in [0.717, 1.165) is 0 Å². The first kappa shape index (κ1) is 9.36. The van der Waals surface area contributed by atoms with Crippen LogP contribution in [0.2, 0.25) is 0 Å². The minimum atomic E-state index is -0.139. The third kappa shape index (κ3) is 46.6. The van der Waals surface area contributed by atoms with E-state index in [1.54, 1.807) is 0 Å². The SMILES string of the molecule is O=PS.P=S. The van der Waals surface area contributed by atoms with E-state index in [1.165, 1.54) is 0 Å². The molecule has 0 fully saturated rings. The Labute approximate surface area is 44.8 Å². The predicted octanol–water partition coefficient (Wildman–Crippen LogP) is 1.71. The van der Waals surface area contributed by atoms with Gasteiger partial charge >= 0.3 is 0 Å². The Bertz CT molecular complexity index is 21.6. The molecule has 5 heavy (non-hydrogen) atoms. The van der Waals surface area contributed by atoms with Gasteiger partial charge in [-0.1, -0.05) is 24.1 Å². The van der Waals surface area contributed by atoms with E-state index in [-0.39, 0.29) is 7.66 Å². The van der Waals surface area contributed by atoms with Crippen molar-refractivity contribution in [2.45, 2.75) is 0 Å². The summed E-state index contributed by atoms with van der Waals surface area (Å²) in [5, 5.41) is 0. The van der Waals surface area contributed by atoms with Crippen molar-refractivity contribution in [3.63, 3.8) is 0 Å². The van der Waals surface area contributed by atoms with Crippen LogP contribution in [0.25, 0.3) is 0 Å². The molecule has 0 saturated heterocycles. The van der Waals surface area contributed by atoms with E-state index in [2.05, 4.69) is 32.1 Å². The van der Waals surface area contributed by atoms with Crippen molar-refractivity contribution < 1.29 is 4.57 Å². The van der Waals surface area contributed by atoms with Crippen LogP contribution in [0, 0.1) is 0 Å². The van der Waals surface area contributed by atoms with Gasteiger partial charge in [-0.3, -0.25) is 4.57 Å². The first-order valence-corrected chi connectivity index (χ1v) is 4.18. The highest BCUT2D eigenvalue weighted by Gasteiger charge is 1.28. The van der Waals surface area contributed by atoms with E-state index in [4.69, 9.17) is 4.57 Å². The molecule has 0 heterocycles. The molecule has 5 heteroatoms. The summed E-state index contributed by atoms with van der Waals surface area (Å²) >= 11 is 7.09. The summed E-state index contributed by atoms with van der Waals surface area (Å²) in [6.07, 6.45) is 0. The van der Waals surface area contributed by atoms with E-state index in [9.17, 15) is 0 Å². The summed E-state index contributed by atoms with van der Waals surface area (Å²) < 4.78 is 8.77. The average Bonchev–Trinajstić information content (AvgIpc) is 1.46. The second-order valence-corrected chi connectivity index (χ2v) is 0.735. The standard InChI is InChI=1S/HOPS.HPS/c1-2-3;1-2/h(H,1,3);1H. The van der Waals surface area contributed by atoms with Gasteiger partial charge in [0.15, 0.2) is 0 Å². The van der Waals surface area contributed by atoms with E-state index >= 15 is 0 Å². The van der Waals surface area contributed by atoms with E-state index in [1.807, 2.05) is 0 Å². The van der Waals surface area contributed by atoms with Crippen molar-refractivity contribution in [1.82, 2.24) is 0 Å². The molecule has 0 unspecified atom stereocenters. The van der Waals surface area contributed by atoms with Gasteiger partial charge in [-0.05, 0) is 8.02 Å². The monoisotopic (exact) mass is 144 g/mol. The Hall–Kier alpha value is 0.970. The molecule has 0 saturated carbocycles. The maximum atomic E-state index is 8.77.